The smallest absolute Gasteiger partial charge is 0.346 e. The molecule has 0 saturated heterocycles. The van der Waals surface area contributed by atoms with Gasteiger partial charge in [0, 0.05) is 30.2 Å². The fourth-order valence-corrected chi connectivity index (χ4v) is 6.07. The second kappa shape index (κ2) is 11.1. The predicted molar refractivity (Wildman–Crippen MR) is 143 cm³/mol. The van der Waals surface area contributed by atoms with Crippen molar-refractivity contribution in [1.82, 2.24) is 20.1 Å². The lowest BCUT2D eigenvalue weighted by Crippen LogP contribution is -2.34. The van der Waals surface area contributed by atoms with Crippen molar-refractivity contribution < 1.29 is 44.7 Å². The minimum atomic E-state index is -5.20. The summed E-state index contributed by atoms with van der Waals surface area (Å²) in [6, 6.07) is 8.20. The van der Waals surface area contributed by atoms with Gasteiger partial charge >= 0.3 is 6.18 Å². The standard InChI is InChI=1S/C31H22F8N4O2/c32-19-6-15(7-20(33)11-19)8-24(27-21(2-1-5-40-27)16-3-4-23(34)18(9-16)14-44)41-25(45)13-43-28-22-10-17(22)12-30(35,36)26(28)29(42-43)31(37,38)39/h1-7,9,11,14,17,22,24H,8,10,12-13H2,(H,41,45). The van der Waals surface area contributed by atoms with Gasteiger partial charge in [0.05, 0.1) is 28.6 Å². The van der Waals surface area contributed by atoms with Crippen LogP contribution in [-0.4, -0.2) is 27.0 Å². The highest BCUT2D eigenvalue weighted by Crippen LogP contribution is 2.62. The summed E-state index contributed by atoms with van der Waals surface area (Å²) in [5.74, 6) is -8.47. The zero-order valence-corrected chi connectivity index (χ0v) is 23.0. The van der Waals surface area contributed by atoms with Gasteiger partial charge in [-0.2, -0.15) is 18.3 Å². The summed E-state index contributed by atoms with van der Waals surface area (Å²) in [4.78, 5) is 29.1. The zero-order chi connectivity index (χ0) is 32.3. The van der Waals surface area contributed by atoms with Crippen LogP contribution < -0.4 is 5.32 Å². The average molecular weight is 635 g/mol. The third-order valence-corrected chi connectivity index (χ3v) is 8.01. The van der Waals surface area contributed by atoms with E-state index in [0.717, 1.165) is 18.2 Å². The monoisotopic (exact) mass is 634 g/mol. The molecule has 2 aliphatic rings. The van der Waals surface area contributed by atoms with Gasteiger partial charge in [-0.3, -0.25) is 19.3 Å². The Kier molecular flexibility index (Phi) is 7.48. The third-order valence-electron chi connectivity index (χ3n) is 8.01. The molecule has 45 heavy (non-hydrogen) atoms. The molecule has 1 N–H and O–H groups in total. The largest absolute Gasteiger partial charge is 0.435 e. The van der Waals surface area contributed by atoms with E-state index in [1.807, 2.05) is 0 Å². The first kappa shape index (κ1) is 30.4. The second-order valence-electron chi connectivity index (χ2n) is 11.2. The number of hydrogen-bond donors (Lipinski definition) is 1. The number of nitrogens with zero attached hydrogens (tertiary/aromatic N) is 3. The van der Waals surface area contributed by atoms with Crippen molar-refractivity contribution in [2.75, 3.05) is 0 Å². The number of benzene rings is 2. The summed E-state index contributed by atoms with van der Waals surface area (Å²) >= 11 is 0. The molecule has 3 atom stereocenters. The Morgan fingerprint density at radius 1 is 1.09 bits per heavy atom. The third kappa shape index (κ3) is 5.92. The Morgan fingerprint density at radius 3 is 2.51 bits per heavy atom. The molecule has 2 aromatic carbocycles. The van der Waals surface area contributed by atoms with Crippen molar-refractivity contribution in [3.8, 4) is 11.1 Å². The molecule has 4 aromatic rings. The Labute approximate surface area is 250 Å². The Morgan fingerprint density at radius 2 is 1.82 bits per heavy atom. The first-order chi connectivity index (χ1) is 21.2. The van der Waals surface area contributed by atoms with E-state index in [9.17, 15) is 44.7 Å². The maximum atomic E-state index is 14.9. The first-order valence-corrected chi connectivity index (χ1v) is 13.8. The van der Waals surface area contributed by atoms with Gasteiger partial charge in [-0.05, 0) is 60.2 Å². The molecule has 6 rings (SSSR count). The zero-order valence-electron chi connectivity index (χ0n) is 23.0. The number of amides is 1. The summed E-state index contributed by atoms with van der Waals surface area (Å²) in [5.41, 5.74) is -2.76. The van der Waals surface area contributed by atoms with Crippen molar-refractivity contribution in [3.63, 3.8) is 0 Å². The lowest BCUT2D eigenvalue weighted by Gasteiger charge is -2.24. The number of carbonyl (C=O) groups is 2. The summed E-state index contributed by atoms with van der Waals surface area (Å²) in [5, 5.41) is 6.03. The molecule has 0 radical (unpaired) electrons. The van der Waals surface area contributed by atoms with Gasteiger partial charge in [0.2, 0.25) is 5.91 Å². The lowest BCUT2D eigenvalue weighted by molar-refractivity contribution is -0.146. The summed E-state index contributed by atoms with van der Waals surface area (Å²) in [6.45, 7) is -0.861. The number of rotatable bonds is 8. The van der Waals surface area contributed by atoms with Crippen molar-refractivity contribution in [2.24, 2.45) is 5.92 Å². The lowest BCUT2D eigenvalue weighted by atomic mass is 9.91. The van der Waals surface area contributed by atoms with Crippen molar-refractivity contribution in [3.05, 3.63) is 106 Å². The van der Waals surface area contributed by atoms with E-state index in [0.29, 0.717) is 28.2 Å². The van der Waals surface area contributed by atoms with Crippen molar-refractivity contribution in [2.45, 2.75) is 49.9 Å². The summed E-state index contributed by atoms with van der Waals surface area (Å²) in [7, 11) is 0. The van der Waals surface area contributed by atoms with Crippen LogP contribution in [0.15, 0.2) is 54.7 Å². The Balaban J connectivity index is 1.38. The fraction of sp³-hybridized carbons (Fsp3) is 0.290. The molecule has 2 aliphatic carbocycles. The van der Waals surface area contributed by atoms with Crippen LogP contribution in [0.25, 0.3) is 11.1 Å². The predicted octanol–water partition coefficient (Wildman–Crippen LogP) is 6.89. The van der Waals surface area contributed by atoms with Crippen LogP contribution >= 0.6 is 0 Å². The molecule has 0 aliphatic heterocycles. The molecule has 0 spiro atoms. The molecule has 3 unspecified atom stereocenters. The van der Waals surface area contributed by atoms with E-state index in [2.05, 4.69) is 15.4 Å². The minimum Gasteiger partial charge on any atom is -0.346 e. The number of aromatic nitrogens is 3. The highest BCUT2D eigenvalue weighted by atomic mass is 19.4. The van der Waals surface area contributed by atoms with Crippen LogP contribution in [0, 0.1) is 23.4 Å². The number of nitrogens with one attached hydrogen (secondary N) is 1. The molecule has 2 heterocycles. The van der Waals surface area contributed by atoms with Gasteiger partial charge < -0.3 is 5.32 Å². The van der Waals surface area contributed by atoms with Crippen LogP contribution in [0.3, 0.4) is 0 Å². The average Bonchev–Trinajstić information content (AvgIpc) is 3.59. The van der Waals surface area contributed by atoms with Crippen LogP contribution in [0.4, 0.5) is 35.1 Å². The molecule has 6 nitrogen and oxygen atoms in total. The van der Waals surface area contributed by atoms with Crippen molar-refractivity contribution in [1.29, 1.82) is 0 Å². The number of fused-ring (bicyclic) bond motifs is 3. The number of aldehydes is 1. The van der Waals surface area contributed by atoms with E-state index >= 15 is 0 Å². The van der Waals surface area contributed by atoms with E-state index < -0.39 is 77.6 Å². The van der Waals surface area contributed by atoms with Gasteiger partial charge in [-0.25, -0.2) is 22.0 Å². The van der Waals surface area contributed by atoms with Crippen LogP contribution in [0.5, 0.6) is 0 Å². The molecule has 1 saturated carbocycles. The molecule has 14 heteroatoms. The molecular weight excluding hydrogens is 612 g/mol. The van der Waals surface area contributed by atoms with Gasteiger partial charge in [-0.1, -0.05) is 12.1 Å². The molecule has 1 fully saturated rings. The SMILES string of the molecule is O=Cc1cc(-c2cccnc2C(Cc2cc(F)cc(F)c2)NC(=O)Cn2nc(C(F)(F)F)c3c2C2CC2CC3(F)F)ccc1F. The maximum Gasteiger partial charge on any atom is 0.435 e. The normalized spacial score (nSPS) is 18.9. The van der Waals surface area contributed by atoms with E-state index in [-0.39, 0.29) is 35.4 Å². The number of halogens is 8. The van der Waals surface area contributed by atoms with Crippen LogP contribution in [0.1, 0.15) is 63.4 Å². The molecular formula is C31H22F8N4O2. The number of hydrogen-bond acceptors (Lipinski definition) is 4. The highest BCUT2D eigenvalue weighted by Gasteiger charge is 2.60. The number of carbonyl (C=O) groups excluding carboxylic acids is 2. The minimum absolute atomic E-state index is 0.0818. The van der Waals surface area contributed by atoms with E-state index in [4.69, 9.17) is 0 Å². The number of alkyl halides is 5. The summed E-state index contributed by atoms with van der Waals surface area (Å²) < 4.78 is 114. The fourth-order valence-electron chi connectivity index (χ4n) is 6.07. The van der Waals surface area contributed by atoms with Gasteiger partial charge in [0.15, 0.2) is 12.0 Å². The maximum absolute atomic E-state index is 14.9. The molecule has 2 aromatic heterocycles. The molecule has 234 valence electrons. The van der Waals surface area contributed by atoms with Crippen molar-refractivity contribution >= 4 is 12.2 Å². The van der Waals surface area contributed by atoms with Crippen LogP contribution in [-0.2, 0) is 29.9 Å². The van der Waals surface area contributed by atoms with E-state index in [1.54, 1.807) is 6.07 Å². The second-order valence-corrected chi connectivity index (χ2v) is 11.2. The quantitative estimate of drug-likeness (QED) is 0.169. The topological polar surface area (TPSA) is 76.9 Å². The Bertz CT molecular complexity index is 1800. The first-order valence-electron chi connectivity index (χ1n) is 13.8. The Hall–Kier alpha value is -4.62. The van der Waals surface area contributed by atoms with Gasteiger partial charge in [-0.15, -0.1) is 0 Å². The van der Waals surface area contributed by atoms with Gasteiger partial charge in [0.25, 0.3) is 5.92 Å². The van der Waals surface area contributed by atoms with Crippen LogP contribution in [0.2, 0.25) is 0 Å². The summed E-state index contributed by atoms with van der Waals surface area (Å²) in [6.07, 6.45) is -4.31. The highest BCUT2D eigenvalue weighted by molar-refractivity contribution is 5.80. The van der Waals surface area contributed by atoms with E-state index in [1.165, 1.54) is 24.4 Å². The number of pyridine rings is 1. The van der Waals surface area contributed by atoms with Gasteiger partial charge in [0.1, 0.15) is 24.0 Å². The molecule has 1 amide bonds. The molecule has 0 bridgehead atoms.